The van der Waals surface area contributed by atoms with Gasteiger partial charge in [0.25, 0.3) is 0 Å². The number of hydrogen-bond acceptors (Lipinski definition) is 1. The molecule has 2 saturated carbocycles. The molecule has 1 heteroatoms. The van der Waals surface area contributed by atoms with Gasteiger partial charge < -0.3 is 0 Å². The molecule has 0 aliphatic heterocycles. The molecule has 0 radical (unpaired) electrons. The van der Waals surface area contributed by atoms with Crippen LogP contribution in [0.1, 0.15) is 71.6 Å². The molecule has 5 atom stereocenters. The van der Waals surface area contributed by atoms with Gasteiger partial charge in [-0.3, -0.25) is 4.79 Å². The van der Waals surface area contributed by atoms with E-state index in [0.717, 1.165) is 30.6 Å². The highest BCUT2D eigenvalue weighted by molar-refractivity contribution is 5.79. The van der Waals surface area contributed by atoms with Gasteiger partial charge in [0.15, 0.2) is 0 Å². The van der Waals surface area contributed by atoms with E-state index >= 15 is 0 Å². The Morgan fingerprint density at radius 2 is 1.80 bits per heavy atom. The molecule has 0 amide bonds. The predicted octanol–water partition coefficient (Wildman–Crippen LogP) is 4.91. The molecular formula is C19H28O. The lowest BCUT2D eigenvalue weighted by molar-refractivity contribution is -0.129. The zero-order valence-electron chi connectivity index (χ0n) is 13.1. The number of carbonyl (C=O) groups excluding carboxylic acids is 1. The van der Waals surface area contributed by atoms with E-state index in [-0.39, 0.29) is 0 Å². The van der Waals surface area contributed by atoms with Crippen molar-refractivity contribution in [1.82, 2.24) is 0 Å². The van der Waals surface area contributed by atoms with Crippen molar-refractivity contribution in [2.75, 3.05) is 0 Å². The van der Waals surface area contributed by atoms with Crippen LogP contribution in [0.25, 0.3) is 0 Å². The Hall–Kier alpha value is -0.590. The molecule has 110 valence electrons. The lowest BCUT2D eigenvalue weighted by atomic mass is 9.49. The van der Waals surface area contributed by atoms with Gasteiger partial charge in [0.05, 0.1) is 0 Å². The quantitative estimate of drug-likeness (QED) is 0.573. The fraction of sp³-hybridized carbons (Fsp3) is 0.842. The van der Waals surface area contributed by atoms with Gasteiger partial charge in [0.1, 0.15) is 5.78 Å². The number of fused-ring (bicyclic) bond motifs is 4. The molecule has 5 unspecified atom stereocenters. The highest BCUT2D eigenvalue weighted by Gasteiger charge is 2.52. The molecule has 0 bridgehead atoms. The average Bonchev–Trinajstić information content (AvgIpc) is 2.82. The van der Waals surface area contributed by atoms with Crippen molar-refractivity contribution in [2.24, 2.45) is 29.1 Å². The minimum atomic E-state index is 0.473. The highest BCUT2D eigenvalue weighted by Crippen LogP contribution is 2.61. The first-order valence-corrected chi connectivity index (χ1v) is 8.83. The van der Waals surface area contributed by atoms with Gasteiger partial charge in [-0.05, 0) is 74.0 Å². The predicted molar refractivity (Wildman–Crippen MR) is 81.3 cm³/mol. The highest BCUT2D eigenvalue weighted by atomic mass is 16.1. The molecule has 0 spiro atoms. The van der Waals surface area contributed by atoms with E-state index in [2.05, 4.69) is 13.8 Å². The SMILES string of the molecule is CC1CCC2=C1CCC1C2CCC2CC(=O)CCC21C. The summed E-state index contributed by atoms with van der Waals surface area (Å²) in [5, 5.41) is 0. The van der Waals surface area contributed by atoms with Gasteiger partial charge in [-0.2, -0.15) is 0 Å². The number of hydrogen-bond donors (Lipinski definition) is 0. The van der Waals surface area contributed by atoms with E-state index in [1.807, 2.05) is 11.1 Å². The van der Waals surface area contributed by atoms with Crippen LogP contribution in [0.4, 0.5) is 0 Å². The Balaban J connectivity index is 1.66. The van der Waals surface area contributed by atoms with Crippen LogP contribution in [0.3, 0.4) is 0 Å². The molecule has 0 heterocycles. The monoisotopic (exact) mass is 272 g/mol. The third-order valence-corrected chi connectivity index (χ3v) is 7.53. The summed E-state index contributed by atoms with van der Waals surface area (Å²) in [4.78, 5) is 11.8. The number of ketones is 1. The Kier molecular flexibility index (Phi) is 2.91. The maximum atomic E-state index is 11.8. The molecule has 4 rings (SSSR count). The lowest BCUT2D eigenvalue weighted by Crippen LogP contribution is -2.48. The van der Waals surface area contributed by atoms with Crippen molar-refractivity contribution in [2.45, 2.75) is 71.6 Å². The normalized spacial score (nSPS) is 47.8. The van der Waals surface area contributed by atoms with E-state index in [4.69, 9.17) is 0 Å². The summed E-state index contributed by atoms with van der Waals surface area (Å²) in [5.74, 6) is 3.88. The molecule has 4 aliphatic carbocycles. The van der Waals surface area contributed by atoms with E-state index in [1.165, 1.54) is 44.9 Å². The number of allylic oxidation sites excluding steroid dienone is 2. The zero-order chi connectivity index (χ0) is 13.9. The van der Waals surface area contributed by atoms with Crippen LogP contribution in [-0.2, 0) is 4.79 Å². The largest absolute Gasteiger partial charge is 0.300 e. The second-order valence-electron chi connectivity index (χ2n) is 8.26. The van der Waals surface area contributed by atoms with E-state index in [0.29, 0.717) is 17.1 Å². The Labute approximate surface area is 123 Å². The summed E-state index contributed by atoms with van der Waals surface area (Å²) in [7, 11) is 0. The van der Waals surface area contributed by atoms with Crippen LogP contribution in [0.5, 0.6) is 0 Å². The third kappa shape index (κ3) is 1.71. The standard InChI is InChI=1S/C19H28O/c1-12-3-5-16-15(12)7-8-18-17(16)6-4-13-11-14(20)9-10-19(13,18)2/h12-13,17-18H,3-11H2,1-2H3. The average molecular weight is 272 g/mol. The topological polar surface area (TPSA) is 17.1 Å². The van der Waals surface area contributed by atoms with Gasteiger partial charge in [0, 0.05) is 12.8 Å². The summed E-state index contributed by atoms with van der Waals surface area (Å²) in [5.41, 5.74) is 4.20. The second-order valence-corrected chi connectivity index (χ2v) is 8.26. The molecular weight excluding hydrogens is 244 g/mol. The maximum absolute atomic E-state index is 11.8. The van der Waals surface area contributed by atoms with Crippen LogP contribution in [-0.4, -0.2) is 5.78 Å². The van der Waals surface area contributed by atoms with Crippen LogP contribution < -0.4 is 0 Å². The molecule has 0 N–H and O–H groups in total. The summed E-state index contributed by atoms with van der Waals surface area (Å²) >= 11 is 0. The number of rotatable bonds is 0. The zero-order valence-corrected chi connectivity index (χ0v) is 13.1. The summed E-state index contributed by atoms with van der Waals surface area (Å²) in [6.07, 6.45) is 11.2. The number of carbonyl (C=O) groups is 1. The fourth-order valence-corrected chi connectivity index (χ4v) is 6.30. The van der Waals surface area contributed by atoms with Gasteiger partial charge in [-0.25, -0.2) is 0 Å². The Morgan fingerprint density at radius 1 is 1.00 bits per heavy atom. The Bertz CT molecular complexity index is 474. The van der Waals surface area contributed by atoms with Crippen molar-refractivity contribution in [1.29, 1.82) is 0 Å². The minimum Gasteiger partial charge on any atom is -0.300 e. The van der Waals surface area contributed by atoms with Gasteiger partial charge in [-0.1, -0.05) is 25.0 Å². The summed E-state index contributed by atoms with van der Waals surface area (Å²) in [6, 6.07) is 0. The van der Waals surface area contributed by atoms with E-state index < -0.39 is 0 Å². The van der Waals surface area contributed by atoms with Gasteiger partial charge in [0.2, 0.25) is 0 Å². The summed E-state index contributed by atoms with van der Waals surface area (Å²) in [6.45, 7) is 4.97. The minimum absolute atomic E-state index is 0.473. The third-order valence-electron chi connectivity index (χ3n) is 7.53. The first kappa shape index (κ1) is 13.1. The summed E-state index contributed by atoms with van der Waals surface area (Å²) < 4.78 is 0. The molecule has 0 aromatic heterocycles. The van der Waals surface area contributed by atoms with Crippen molar-refractivity contribution in [3.8, 4) is 0 Å². The smallest absolute Gasteiger partial charge is 0.133 e. The van der Waals surface area contributed by atoms with Crippen LogP contribution >= 0.6 is 0 Å². The molecule has 4 aliphatic rings. The first-order valence-electron chi connectivity index (χ1n) is 8.83. The van der Waals surface area contributed by atoms with Crippen molar-refractivity contribution < 1.29 is 4.79 Å². The van der Waals surface area contributed by atoms with Crippen molar-refractivity contribution in [3.63, 3.8) is 0 Å². The molecule has 0 aromatic carbocycles. The van der Waals surface area contributed by atoms with Crippen LogP contribution in [0.15, 0.2) is 11.1 Å². The molecule has 20 heavy (non-hydrogen) atoms. The molecule has 0 aromatic rings. The van der Waals surface area contributed by atoms with Crippen LogP contribution in [0.2, 0.25) is 0 Å². The van der Waals surface area contributed by atoms with Gasteiger partial charge >= 0.3 is 0 Å². The number of Topliss-reactive ketones (excluding diaryl/α,β-unsaturated/α-hetero) is 1. The van der Waals surface area contributed by atoms with Gasteiger partial charge in [-0.15, -0.1) is 0 Å². The Morgan fingerprint density at radius 3 is 2.65 bits per heavy atom. The molecule has 0 saturated heterocycles. The maximum Gasteiger partial charge on any atom is 0.133 e. The lowest BCUT2D eigenvalue weighted by Gasteiger charge is -2.55. The van der Waals surface area contributed by atoms with E-state index in [9.17, 15) is 4.79 Å². The van der Waals surface area contributed by atoms with E-state index in [1.54, 1.807) is 0 Å². The van der Waals surface area contributed by atoms with Crippen LogP contribution in [0, 0.1) is 29.1 Å². The van der Waals surface area contributed by atoms with Crippen molar-refractivity contribution >= 4 is 5.78 Å². The molecule has 1 nitrogen and oxygen atoms in total. The molecule has 2 fully saturated rings. The first-order chi connectivity index (χ1) is 9.59. The second kappa shape index (κ2) is 4.45. The fourth-order valence-electron chi connectivity index (χ4n) is 6.30. The van der Waals surface area contributed by atoms with Crippen molar-refractivity contribution in [3.05, 3.63) is 11.1 Å².